The van der Waals surface area contributed by atoms with E-state index in [1.54, 1.807) is 19.2 Å². The van der Waals surface area contributed by atoms with Gasteiger partial charge in [-0.3, -0.25) is 9.59 Å². The minimum atomic E-state index is -0.132. The second kappa shape index (κ2) is 6.34. The van der Waals surface area contributed by atoms with E-state index in [0.29, 0.717) is 12.1 Å². The minimum Gasteiger partial charge on any atom is -0.355 e. The van der Waals surface area contributed by atoms with E-state index in [-0.39, 0.29) is 11.8 Å². The van der Waals surface area contributed by atoms with E-state index in [0.717, 1.165) is 16.0 Å². The Hall–Kier alpha value is -2.14. The van der Waals surface area contributed by atoms with E-state index in [1.807, 2.05) is 30.5 Å². The van der Waals surface area contributed by atoms with E-state index in [2.05, 4.69) is 10.6 Å². The SMILES string of the molecule is CNC(=O)c1cccc(CNC(=O)c2sccc2C)c1. The van der Waals surface area contributed by atoms with Gasteiger partial charge in [-0.25, -0.2) is 0 Å². The van der Waals surface area contributed by atoms with Gasteiger partial charge in [0.25, 0.3) is 11.8 Å². The van der Waals surface area contributed by atoms with Crippen molar-refractivity contribution in [2.45, 2.75) is 13.5 Å². The van der Waals surface area contributed by atoms with E-state index in [9.17, 15) is 9.59 Å². The van der Waals surface area contributed by atoms with Crippen molar-refractivity contribution in [3.05, 3.63) is 57.3 Å². The van der Waals surface area contributed by atoms with E-state index < -0.39 is 0 Å². The third kappa shape index (κ3) is 3.24. The zero-order valence-corrected chi connectivity index (χ0v) is 12.2. The van der Waals surface area contributed by atoms with Crippen molar-refractivity contribution in [3.8, 4) is 0 Å². The largest absolute Gasteiger partial charge is 0.355 e. The predicted molar refractivity (Wildman–Crippen MR) is 80.1 cm³/mol. The Morgan fingerprint density at radius 3 is 2.65 bits per heavy atom. The van der Waals surface area contributed by atoms with Gasteiger partial charge in [0, 0.05) is 19.2 Å². The molecule has 4 nitrogen and oxygen atoms in total. The first-order valence-electron chi connectivity index (χ1n) is 6.25. The quantitative estimate of drug-likeness (QED) is 0.907. The molecule has 0 bridgehead atoms. The van der Waals surface area contributed by atoms with Crippen molar-refractivity contribution in [3.63, 3.8) is 0 Å². The van der Waals surface area contributed by atoms with Crippen molar-refractivity contribution >= 4 is 23.2 Å². The number of carbonyl (C=O) groups excluding carboxylic acids is 2. The van der Waals surface area contributed by atoms with Crippen LogP contribution in [0.3, 0.4) is 0 Å². The van der Waals surface area contributed by atoms with Gasteiger partial charge < -0.3 is 10.6 Å². The normalized spacial score (nSPS) is 10.1. The van der Waals surface area contributed by atoms with E-state index in [4.69, 9.17) is 0 Å². The summed E-state index contributed by atoms with van der Waals surface area (Å²) in [7, 11) is 1.59. The third-order valence-electron chi connectivity index (χ3n) is 2.94. The van der Waals surface area contributed by atoms with Gasteiger partial charge in [-0.15, -0.1) is 11.3 Å². The zero-order chi connectivity index (χ0) is 14.5. The molecule has 0 spiro atoms. The number of benzene rings is 1. The number of carbonyl (C=O) groups is 2. The fourth-order valence-electron chi connectivity index (χ4n) is 1.83. The Morgan fingerprint density at radius 2 is 2.00 bits per heavy atom. The second-order valence-corrected chi connectivity index (χ2v) is 5.31. The first-order valence-corrected chi connectivity index (χ1v) is 7.13. The maximum absolute atomic E-state index is 12.0. The van der Waals surface area contributed by atoms with Crippen LogP contribution in [-0.4, -0.2) is 18.9 Å². The maximum Gasteiger partial charge on any atom is 0.261 e. The zero-order valence-electron chi connectivity index (χ0n) is 11.4. The summed E-state index contributed by atoms with van der Waals surface area (Å²) in [6.07, 6.45) is 0. The van der Waals surface area contributed by atoms with Crippen LogP contribution < -0.4 is 10.6 Å². The number of rotatable bonds is 4. The molecular formula is C15H16N2O2S. The van der Waals surface area contributed by atoms with Gasteiger partial charge in [-0.05, 0) is 41.6 Å². The third-order valence-corrected chi connectivity index (χ3v) is 3.95. The number of hydrogen-bond donors (Lipinski definition) is 2. The monoisotopic (exact) mass is 288 g/mol. The molecule has 0 aliphatic carbocycles. The minimum absolute atomic E-state index is 0.0807. The van der Waals surface area contributed by atoms with Crippen LogP contribution in [0.5, 0.6) is 0 Å². The molecule has 0 unspecified atom stereocenters. The van der Waals surface area contributed by atoms with Crippen LogP contribution in [-0.2, 0) is 6.54 Å². The first-order chi connectivity index (χ1) is 9.61. The first kappa shape index (κ1) is 14.3. The molecule has 1 aromatic carbocycles. The lowest BCUT2D eigenvalue weighted by atomic mass is 10.1. The van der Waals surface area contributed by atoms with Crippen LogP contribution in [0.15, 0.2) is 35.7 Å². The fourth-order valence-corrected chi connectivity index (χ4v) is 2.68. The molecule has 0 saturated carbocycles. The highest BCUT2D eigenvalue weighted by Gasteiger charge is 2.10. The molecule has 0 atom stereocenters. The van der Waals surface area contributed by atoms with Crippen LogP contribution in [0, 0.1) is 6.92 Å². The summed E-state index contributed by atoms with van der Waals surface area (Å²) in [5.41, 5.74) is 2.46. The van der Waals surface area contributed by atoms with Crippen molar-refractivity contribution in [2.24, 2.45) is 0 Å². The molecule has 2 N–H and O–H groups in total. The Kier molecular flexibility index (Phi) is 4.53. The molecule has 20 heavy (non-hydrogen) atoms. The Morgan fingerprint density at radius 1 is 1.20 bits per heavy atom. The lowest BCUT2D eigenvalue weighted by Crippen LogP contribution is -2.23. The Balaban J connectivity index is 2.03. The molecule has 2 aromatic rings. The van der Waals surface area contributed by atoms with E-state index in [1.165, 1.54) is 11.3 Å². The smallest absolute Gasteiger partial charge is 0.261 e. The van der Waals surface area contributed by atoms with Crippen molar-refractivity contribution in [2.75, 3.05) is 7.05 Å². The van der Waals surface area contributed by atoms with Gasteiger partial charge in [-0.1, -0.05) is 12.1 Å². The summed E-state index contributed by atoms with van der Waals surface area (Å²) >= 11 is 1.43. The summed E-state index contributed by atoms with van der Waals surface area (Å²) in [6, 6.07) is 9.14. The molecular weight excluding hydrogens is 272 g/mol. The molecule has 0 aliphatic heterocycles. The number of amides is 2. The summed E-state index contributed by atoms with van der Waals surface area (Å²) in [5.74, 6) is -0.213. The van der Waals surface area contributed by atoms with Crippen molar-refractivity contribution in [1.82, 2.24) is 10.6 Å². The Labute approximate surface area is 121 Å². The topological polar surface area (TPSA) is 58.2 Å². The number of nitrogens with one attached hydrogen (secondary N) is 2. The molecule has 5 heteroatoms. The number of thiophene rings is 1. The van der Waals surface area contributed by atoms with Crippen LogP contribution in [0.25, 0.3) is 0 Å². The predicted octanol–water partition coefficient (Wildman–Crippen LogP) is 2.35. The van der Waals surface area contributed by atoms with Crippen LogP contribution in [0.4, 0.5) is 0 Å². The van der Waals surface area contributed by atoms with Crippen molar-refractivity contribution < 1.29 is 9.59 Å². The highest BCUT2D eigenvalue weighted by molar-refractivity contribution is 7.12. The van der Waals surface area contributed by atoms with Crippen LogP contribution >= 0.6 is 11.3 Å². The summed E-state index contributed by atoms with van der Waals surface area (Å²) in [5, 5.41) is 7.34. The summed E-state index contributed by atoms with van der Waals surface area (Å²) < 4.78 is 0. The van der Waals surface area contributed by atoms with Gasteiger partial charge in [0.15, 0.2) is 0 Å². The molecule has 1 heterocycles. The van der Waals surface area contributed by atoms with E-state index >= 15 is 0 Å². The van der Waals surface area contributed by atoms with Gasteiger partial charge >= 0.3 is 0 Å². The van der Waals surface area contributed by atoms with Gasteiger partial charge in [0.1, 0.15) is 0 Å². The van der Waals surface area contributed by atoms with Crippen LogP contribution in [0.2, 0.25) is 0 Å². The average Bonchev–Trinajstić information content (AvgIpc) is 2.90. The van der Waals surface area contributed by atoms with Gasteiger partial charge in [0.05, 0.1) is 4.88 Å². The fraction of sp³-hybridized carbons (Fsp3) is 0.200. The average molecular weight is 288 g/mol. The van der Waals surface area contributed by atoms with Gasteiger partial charge in [0.2, 0.25) is 0 Å². The molecule has 1 aromatic heterocycles. The lowest BCUT2D eigenvalue weighted by molar-refractivity contribution is 0.0951. The number of hydrogen-bond acceptors (Lipinski definition) is 3. The van der Waals surface area contributed by atoms with Gasteiger partial charge in [-0.2, -0.15) is 0 Å². The Bertz CT molecular complexity index is 634. The summed E-state index contributed by atoms with van der Waals surface area (Å²) in [6.45, 7) is 2.32. The maximum atomic E-state index is 12.0. The van der Waals surface area contributed by atoms with Crippen LogP contribution in [0.1, 0.15) is 31.2 Å². The highest BCUT2D eigenvalue weighted by Crippen LogP contribution is 2.15. The molecule has 0 radical (unpaired) electrons. The lowest BCUT2D eigenvalue weighted by Gasteiger charge is -2.06. The molecule has 0 saturated heterocycles. The molecule has 2 rings (SSSR count). The second-order valence-electron chi connectivity index (χ2n) is 4.39. The number of aryl methyl sites for hydroxylation is 1. The molecule has 2 amide bonds. The molecule has 0 aliphatic rings. The molecule has 104 valence electrons. The standard InChI is InChI=1S/C15H16N2O2S/c1-10-6-7-20-13(10)15(19)17-9-11-4-3-5-12(8-11)14(18)16-2/h3-8H,9H2,1-2H3,(H,16,18)(H,17,19). The summed E-state index contributed by atoms with van der Waals surface area (Å²) in [4.78, 5) is 24.3. The molecule has 0 fully saturated rings. The van der Waals surface area contributed by atoms with Crippen molar-refractivity contribution in [1.29, 1.82) is 0 Å². The highest BCUT2D eigenvalue weighted by atomic mass is 32.1.